The van der Waals surface area contributed by atoms with Crippen LogP contribution in [0.3, 0.4) is 0 Å². The molecule has 0 atom stereocenters. The number of carbonyl (C=O) groups excluding carboxylic acids is 1. The maximum atomic E-state index is 12.2. The van der Waals surface area contributed by atoms with Crippen molar-refractivity contribution in [1.82, 2.24) is 4.90 Å². The fraction of sp³-hybridized carbons (Fsp3) is 0.263. The van der Waals surface area contributed by atoms with Gasteiger partial charge in [-0.15, -0.1) is 0 Å². The molecule has 25 heavy (non-hydrogen) atoms. The molecule has 0 saturated carbocycles. The van der Waals surface area contributed by atoms with Gasteiger partial charge in [0.15, 0.2) is 18.1 Å². The van der Waals surface area contributed by atoms with E-state index in [2.05, 4.69) is 0 Å². The second-order valence-corrected chi connectivity index (χ2v) is 5.65. The number of benzene rings is 2. The number of rotatable bonds is 5. The third-order valence-electron chi connectivity index (χ3n) is 3.80. The van der Waals surface area contributed by atoms with E-state index in [1.807, 2.05) is 24.3 Å². The molecular weight excluding hydrogens is 320 g/mol. The molecule has 2 aromatic rings. The standard InChI is InChI=1S/C19H18N2O4/c1-21(12-15-4-7-17-18(10-15)24-9-8-23-17)19(22)13-25-16-5-2-14(11-20)3-6-16/h2-7,10H,8-9,12-13H2,1H3. The van der Waals surface area contributed by atoms with Crippen molar-refractivity contribution >= 4 is 5.91 Å². The number of ether oxygens (including phenoxy) is 3. The average Bonchev–Trinajstić information content (AvgIpc) is 2.66. The number of nitriles is 1. The molecule has 0 unspecified atom stereocenters. The van der Waals surface area contributed by atoms with Crippen LogP contribution in [0.25, 0.3) is 0 Å². The van der Waals surface area contributed by atoms with Gasteiger partial charge in [-0.25, -0.2) is 0 Å². The van der Waals surface area contributed by atoms with Crippen LogP contribution in [0.4, 0.5) is 0 Å². The quantitative estimate of drug-likeness (QED) is 0.837. The number of carbonyl (C=O) groups is 1. The van der Waals surface area contributed by atoms with E-state index in [-0.39, 0.29) is 12.5 Å². The van der Waals surface area contributed by atoms with Crippen LogP contribution in [0.2, 0.25) is 0 Å². The Kier molecular flexibility index (Phi) is 5.05. The number of amides is 1. The number of fused-ring (bicyclic) bond motifs is 1. The van der Waals surface area contributed by atoms with E-state index < -0.39 is 0 Å². The molecule has 2 aromatic carbocycles. The summed E-state index contributed by atoms with van der Waals surface area (Å²) in [6, 6.07) is 14.3. The van der Waals surface area contributed by atoms with Crippen molar-refractivity contribution in [3.8, 4) is 23.3 Å². The topological polar surface area (TPSA) is 71.8 Å². The summed E-state index contributed by atoms with van der Waals surface area (Å²) in [6.07, 6.45) is 0. The number of hydrogen-bond acceptors (Lipinski definition) is 5. The van der Waals surface area contributed by atoms with E-state index in [1.165, 1.54) is 0 Å². The summed E-state index contributed by atoms with van der Waals surface area (Å²) in [5.41, 5.74) is 1.51. The molecule has 1 amide bonds. The Balaban J connectivity index is 1.54. The van der Waals surface area contributed by atoms with Gasteiger partial charge in [-0.05, 0) is 42.0 Å². The zero-order valence-corrected chi connectivity index (χ0v) is 13.9. The Morgan fingerprint density at radius 3 is 2.60 bits per heavy atom. The summed E-state index contributed by atoms with van der Waals surface area (Å²) >= 11 is 0. The highest BCUT2D eigenvalue weighted by molar-refractivity contribution is 5.77. The van der Waals surface area contributed by atoms with Crippen molar-refractivity contribution in [2.24, 2.45) is 0 Å². The molecule has 0 aliphatic carbocycles. The Morgan fingerprint density at radius 1 is 1.16 bits per heavy atom. The first-order chi connectivity index (χ1) is 12.2. The second-order valence-electron chi connectivity index (χ2n) is 5.65. The fourth-order valence-electron chi connectivity index (χ4n) is 2.43. The third kappa shape index (κ3) is 4.21. The molecule has 0 fully saturated rings. The molecule has 1 aliphatic heterocycles. The van der Waals surface area contributed by atoms with Gasteiger partial charge in [0.1, 0.15) is 19.0 Å². The third-order valence-corrected chi connectivity index (χ3v) is 3.80. The van der Waals surface area contributed by atoms with Gasteiger partial charge in [-0.2, -0.15) is 5.26 Å². The first-order valence-corrected chi connectivity index (χ1v) is 7.91. The summed E-state index contributed by atoms with van der Waals surface area (Å²) in [6.45, 7) is 1.47. The van der Waals surface area contributed by atoms with E-state index >= 15 is 0 Å². The van der Waals surface area contributed by atoms with Gasteiger partial charge in [0.25, 0.3) is 5.91 Å². The minimum Gasteiger partial charge on any atom is -0.486 e. The van der Waals surface area contributed by atoms with Crippen molar-refractivity contribution < 1.29 is 19.0 Å². The lowest BCUT2D eigenvalue weighted by Gasteiger charge is -2.21. The Morgan fingerprint density at radius 2 is 1.88 bits per heavy atom. The normalized spacial score (nSPS) is 12.2. The monoisotopic (exact) mass is 338 g/mol. The van der Waals surface area contributed by atoms with Gasteiger partial charge in [0.05, 0.1) is 11.6 Å². The van der Waals surface area contributed by atoms with Crippen LogP contribution >= 0.6 is 0 Å². The van der Waals surface area contributed by atoms with Crippen LogP contribution in [0.15, 0.2) is 42.5 Å². The van der Waals surface area contributed by atoms with Crippen molar-refractivity contribution in [2.75, 3.05) is 26.9 Å². The Hall–Kier alpha value is -3.20. The molecule has 1 heterocycles. The molecular formula is C19H18N2O4. The molecule has 0 radical (unpaired) electrons. The Bertz CT molecular complexity index is 796. The molecule has 1 aliphatic rings. The van der Waals surface area contributed by atoms with Crippen LogP contribution < -0.4 is 14.2 Å². The molecule has 0 saturated heterocycles. The molecule has 0 aromatic heterocycles. The number of likely N-dealkylation sites (N-methyl/N-ethyl adjacent to an activating group) is 1. The molecule has 6 nitrogen and oxygen atoms in total. The van der Waals surface area contributed by atoms with Crippen LogP contribution in [0.1, 0.15) is 11.1 Å². The van der Waals surface area contributed by atoms with Crippen molar-refractivity contribution in [3.63, 3.8) is 0 Å². The summed E-state index contributed by atoms with van der Waals surface area (Å²) in [4.78, 5) is 13.8. The first kappa shape index (κ1) is 16.7. The summed E-state index contributed by atoms with van der Waals surface area (Å²) < 4.78 is 16.5. The van der Waals surface area contributed by atoms with Crippen LogP contribution in [0.5, 0.6) is 17.2 Å². The SMILES string of the molecule is CN(Cc1ccc2c(c1)OCCO2)C(=O)COc1ccc(C#N)cc1. The van der Waals surface area contributed by atoms with E-state index in [0.29, 0.717) is 36.8 Å². The van der Waals surface area contributed by atoms with E-state index in [0.717, 1.165) is 11.3 Å². The van der Waals surface area contributed by atoms with E-state index in [4.69, 9.17) is 19.5 Å². The van der Waals surface area contributed by atoms with Crippen LogP contribution in [-0.2, 0) is 11.3 Å². The minimum absolute atomic E-state index is 0.0625. The van der Waals surface area contributed by atoms with Crippen molar-refractivity contribution in [2.45, 2.75) is 6.54 Å². The van der Waals surface area contributed by atoms with Gasteiger partial charge < -0.3 is 19.1 Å². The van der Waals surface area contributed by atoms with Crippen LogP contribution in [-0.4, -0.2) is 37.7 Å². The highest BCUT2D eigenvalue weighted by Gasteiger charge is 2.14. The number of hydrogen-bond donors (Lipinski definition) is 0. The van der Waals surface area contributed by atoms with Gasteiger partial charge in [0, 0.05) is 13.6 Å². The maximum Gasteiger partial charge on any atom is 0.260 e. The zero-order chi connectivity index (χ0) is 17.6. The predicted octanol–water partition coefficient (Wildman–Crippen LogP) is 2.37. The van der Waals surface area contributed by atoms with E-state index in [9.17, 15) is 4.79 Å². The molecule has 0 N–H and O–H groups in total. The molecule has 0 bridgehead atoms. The second kappa shape index (κ2) is 7.58. The Labute approximate surface area is 146 Å². The highest BCUT2D eigenvalue weighted by atomic mass is 16.6. The van der Waals surface area contributed by atoms with Gasteiger partial charge >= 0.3 is 0 Å². The lowest BCUT2D eigenvalue weighted by molar-refractivity contribution is -0.132. The smallest absolute Gasteiger partial charge is 0.260 e. The highest BCUT2D eigenvalue weighted by Crippen LogP contribution is 2.31. The van der Waals surface area contributed by atoms with Crippen LogP contribution in [0, 0.1) is 11.3 Å². The maximum absolute atomic E-state index is 12.2. The lowest BCUT2D eigenvalue weighted by atomic mass is 10.2. The fourth-order valence-corrected chi connectivity index (χ4v) is 2.43. The summed E-state index contributed by atoms with van der Waals surface area (Å²) in [5.74, 6) is 1.85. The molecule has 6 heteroatoms. The van der Waals surface area contributed by atoms with E-state index in [1.54, 1.807) is 36.2 Å². The number of nitrogens with zero attached hydrogens (tertiary/aromatic N) is 2. The largest absolute Gasteiger partial charge is 0.486 e. The lowest BCUT2D eigenvalue weighted by Crippen LogP contribution is -2.31. The van der Waals surface area contributed by atoms with Gasteiger partial charge in [-0.1, -0.05) is 6.07 Å². The first-order valence-electron chi connectivity index (χ1n) is 7.91. The zero-order valence-electron chi connectivity index (χ0n) is 13.9. The molecule has 3 rings (SSSR count). The van der Waals surface area contributed by atoms with Gasteiger partial charge in [-0.3, -0.25) is 4.79 Å². The molecule has 128 valence electrons. The summed E-state index contributed by atoms with van der Waals surface area (Å²) in [5, 5.41) is 8.77. The molecule has 0 spiro atoms. The van der Waals surface area contributed by atoms with Crippen molar-refractivity contribution in [1.29, 1.82) is 5.26 Å². The average molecular weight is 338 g/mol. The van der Waals surface area contributed by atoms with Gasteiger partial charge in [0.2, 0.25) is 0 Å². The predicted molar refractivity (Wildman–Crippen MR) is 90.6 cm³/mol. The minimum atomic E-state index is -0.140. The van der Waals surface area contributed by atoms with Crippen molar-refractivity contribution in [3.05, 3.63) is 53.6 Å². The summed E-state index contributed by atoms with van der Waals surface area (Å²) in [7, 11) is 1.72.